The zero-order valence-electron chi connectivity index (χ0n) is 16.8. The quantitative estimate of drug-likeness (QED) is 0.304. The maximum atomic E-state index is 11.4. The lowest BCUT2D eigenvalue weighted by Gasteiger charge is -2.28. The smallest absolute Gasteiger partial charge is 0.245 e. The van der Waals surface area contributed by atoms with Gasteiger partial charge in [0.2, 0.25) is 5.91 Å². The van der Waals surface area contributed by atoms with Crippen molar-refractivity contribution in [3.63, 3.8) is 0 Å². The van der Waals surface area contributed by atoms with Crippen LogP contribution in [0.4, 0.5) is 0 Å². The maximum absolute atomic E-state index is 11.4. The Morgan fingerprint density at radius 2 is 1.89 bits per heavy atom. The van der Waals surface area contributed by atoms with E-state index in [1.165, 1.54) is 51.3 Å². The number of nitrogens with zero attached hydrogens (tertiary/aromatic N) is 1. The van der Waals surface area contributed by atoms with Gasteiger partial charge >= 0.3 is 0 Å². The number of carbonyl (C=O) groups excluding carboxylic acids is 1. The number of thioether (sulfide) groups is 1. The van der Waals surface area contributed by atoms with E-state index >= 15 is 0 Å². The third kappa shape index (κ3) is 6.34. The number of carbonyl (C=O) groups is 1. The van der Waals surface area contributed by atoms with Gasteiger partial charge in [-0.1, -0.05) is 12.8 Å². The summed E-state index contributed by atoms with van der Waals surface area (Å²) >= 11 is 2.01. The van der Waals surface area contributed by atoms with Gasteiger partial charge in [0.25, 0.3) is 0 Å². The lowest BCUT2D eigenvalue weighted by atomic mass is 9.79. The molecule has 0 aromatic carbocycles. The van der Waals surface area contributed by atoms with Crippen LogP contribution < -0.4 is 0 Å². The van der Waals surface area contributed by atoms with Crippen LogP contribution in [-0.4, -0.2) is 60.2 Å². The number of fused-ring (bicyclic) bond motifs is 2. The Balaban J connectivity index is 1.29. The van der Waals surface area contributed by atoms with Crippen LogP contribution in [0.2, 0.25) is 0 Å². The molecule has 2 saturated heterocycles. The summed E-state index contributed by atoms with van der Waals surface area (Å²) in [6.45, 7) is 1.86. The minimum Gasteiger partial charge on any atom is -0.381 e. The molecule has 27 heavy (non-hydrogen) atoms. The third-order valence-corrected chi connectivity index (χ3v) is 7.81. The number of hydrogen-bond donors (Lipinski definition) is 1. The Labute approximate surface area is 168 Å². The first kappa shape index (κ1) is 21.4. The van der Waals surface area contributed by atoms with Gasteiger partial charge in [0.1, 0.15) is 0 Å². The predicted molar refractivity (Wildman–Crippen MR) is 108 cm³/mol. The van der Waals surface area contributed by atoms with Crippen LogP contribution in [0.25, 0.3) is 0 Å². The fourth-order valence-corrected chi connectivity index (χ4v) is 6.32. The molecular formula is C21H37NO4S. The van der Waals surface area contributed by atoms with Gasteiger partial charge in [-0.3, -0.25) is 10.0 Å². The summed E-state index contributed by atoms with van der Waals surface area (Å²) in [7, 11) is 1.39. The van der Waals surface area contributed by atoms with Gasteiger partial charge in [-0.05, 0) is 74.2 Å². The lowest BCUT2D eigenvalue weighted by Crippen LogP contribution is -2.30. The van der Waals surface area contributed by atoms with Crippen LogP contribution >= 0.6 is 11.8 Å². The summed E-state index contributed by atoms with van der Waals surface area (Å²) in [6, 6.07) is 0. The average molecular weight is 400 g/mol. The molecule has 2 aliphatic heterocycles. The summed E-state index contributed by atoms with van der Waals surface area (Å²) < 4.78 is 12.2. The molecule has 1 saturated carbocycles. The van der Waals surface area contributed by atoms with E-state index in [1.54, 1.807) is 0 Å². The van der Waals surface area contributed by atoms with Crippen molar-refractivity contribution in [1.82, 2.24) is 5.06 Å². The van der Waals surface area contributed by atoms with Gasteiger partial charge in [-0.15, -0.1) is 0 Å². The van der Waals surface area contributed by atoms with E-state index in [-0.39, 0.29) is 5.91 Å². The van der Waals surface area contributed by atoms with Gasteiger partial charge < -0.3 is 9.47 Å². The van der Waals surface area contributed by atoms with Crippen LogP contribution in [-0.2, 0) is 14.3 Å². The van der Waals surface area contributed by atoms with Crippen molar-refractivity contribution in [2.24, 2.45) is 17.8 Å². The van der Waals surface area contributed by atoms with E-state index in [9.17, 15) is 4.79 Å². The average Bonchev–Trinajstić information content (AvgIpc) is 3.39. The molecule has 3 aliphatic rings. The molecule has 3 rings (SSSR count). The Morgan fingerprint density at radius 1 is 1.15 bits per heavy atom. The standard InChI is InChI=1S/C21H37NO4S/c1-22(24)21(23)8-4-5-13-27-15-18-17(19-9-10-20(18)26-19)11-12-25-14-16-6-2-3-7-16/h16-20,24H,2-15H2,1H3/t17-,18+,19-,20+/m1/s1. The number of amides is 1. The SMILES string of the molecule is CN(O)C(=O)CCCCSC[C@H]1[C@@H](CCOCC2CCCC2)[C@H]2CC[C@@H]1O2. The second-order valence-corrected chi connectivity index (χ2v) is 9.73. The van der Waals surface area contributed by atoms with Crippen LogP contribution in [0.1, 0.15) is 64.2 Å². The molecule has 1 N–H and O–H groups in total. The highest BCUT2D eigenvalue weighted by molar-refractivity contribution is 7.99. The molecule has 156 valence electrons. The first-order valence-corrected chi connectivity index (χ1v) is 12.1. The lowest BCUT2D eigenvalue weighted by molar-refractivity contribution is -0.159. The van der Waals surface area contributed by atoms with E-state index in [0.717, 1.165) is 44.1 Å². The highest BCUT2D eigenvalue weighted by Gasteiger charge is 2.48. The predicted octanol–water partition coefficient (Wildman–Crippen LogP) is 4.13. The normalized spacial score (nSPS) is 30.3. The van der Waals surface area contributed by atoms with Gasteiger partial charge in [0.05, 0.1) is 12.2 Å². The number of hydroxylamine groups is 2. The van der Waals surface area contributed by atoms with Gasteiger partial charge in [-0.2, -0.15) is 11.8 Å². The molecule has 4 atom stereocenters. The Morgan fingerprint density at radius 3 is 2.63 bits per heavy atom. The molecule has 0 aromatic rings. The van der Waals surface area contributed by atoms with Gasteiger partial charge in [0.15, 0.2) is 0 Å². The van der Waals surface area contributed by atoms with Crippen LogP contribution in [0.3, 0.4) is 0 Å². The van der Waals surface area contributed by atoms with Gasteiger partial charge in [0, 0.05) is 26.7 Å². The Bertz CT molecular complexity index is 455. The molecule has 3 fully saturated rings. The monoisotopic (exact) mass is 399 g/mol. The van der Waals surface area contributed by atoms with E-state index in [4.69, 9.17) is 14.7 Å². The summed E-state index contributed by atoms with van der Waals surface area (Å²) in [6.07, 6.45) is 12.3. The van der Waals surface area contributed by atoms with Gasteiger partial charge in [-0.25, -0.2) is 5.06 Å². The number of rotatable bonds is 12. The topological polar surface area (TPSA) is 59.0 Å². The fraction of sp³-hybridized carbons (Fsp3) is 0.952. The molecule has 5 nitrogen and oxygen atoms in total. The van der Waals surface area contributed by atoms with Crippen molar-refractivity contribution < 1.29 is 19.5 Å². The molecule has 0 unspecified atom stereocenters. The molecule has 2 bridgehead atoms. The van der Waals surface area contributed by atoms with E-state index < -0.39 is 0 Å². The van der Waals surface area contributed by atoms with Crippen LogP contribution in [0.15, 0.2) is 0 Å². The molecule has 0 aromatic heterocycles. The van der Waals surface area contributed by atoms with Crippen molar-refractivity contribution in [2.75, 3.05) is 31.8 Å². The molecule has 0 radical (unpaired) electrons. The molecule has 1 amide bonds. The molecule has 0 spiro atoms. The Kier molecular flexibility index (Phi) is 8.75. The largest absolute Gasteiger partial charge is 0.381 e. The summed E-state index contributed by atoms with van der Waals surface area (Å²) in [4.78, 5) is 11.4. The zero-order chi connectivity index (χ0) is 19.1. The first-order valence-electron chi connectivity index (χ1n) is 10.9. The molecule has 6 heteroatoms. The number of unbranched alkanes of at least 4 members (excludes halogenated alkanes) is 1. The molecular weight excluding hydrogens is 362 g/mol. The van der Waals surface area contributed by atoms with Crippen LogP contribution in [0, 0.1) is 17.8 Å². The Hall–Kier alpha value is -0.300. The first-order chi connectivity index (χ1) is 13.1. The van der Waals surface area contributed by atoms with E-state index in [2.05, 4.69) is 0 Å². The minimum atomic E-state index is -0.195. The second-order valence-electron chi connectivity index (χ2n) is 8.58. The minimum absolute atomic E-state index is 0.195. The van der Waals surface area contributed by atoms with Crippen molar-refractivity contribution in [1.29, 1.82) is 0 Å². The highest BCUT2D eigenvalue weighted by Crippen LogP contribution is 2.46. The zero-order valence-corrected chi connectivity index (χ0v) is 17.6. The van der Waals surface area contributed by atoms with Crippen LogP contribution in [0.5, 0.6) is 0 Å². The summed E-state index contributed by atoms with van der Waals surface area (Å²) in [5, 5.41) is 9.75. The van der Waals surface area contributed by atoms with Crippen molar-refractivity contribution in [2.45, 2.75) is 76.4 Å². The summed E-state index contributed by atoms with van der Waals surface area (Å²) in [5.74, 6) is 4.21. The number of ether oxygens (including phenoxy) is 2. The van der Waals surface area contributed by atoms with Crippen molar-refractivity contribution in [3.8, 4) is 0 Å². The van der Waals surface area contributed by atoms with Crippen molar-refractivity contribution >= 4 is 17.7 Å². The maximum Gasteiger partial charge on any atom is 0.245 e. The van der Waals surface area contributed by atoms with Crippen molar-refractivity contribution in [3.05, 3.63) is 0 Å². The summed E-state index contributed by atoms with van der Waals surface area (Å²) in [5.41, 5.74) is 0. The molecule has 1 aliphatic carbocycles. The highest BCUT2D eigenvalue weighted by atomic mass is 32.2. The fourth-order valence-electron chi connectivity index (χ4n) is 5.01. The third-order valence-electron chi connectivity index (χ3n) is 6.61. The number of hydrogen-bond acceptors (Lipinski definition) is 5. The second kappa shape index (κ2) is 11.0. The van der Waals surface area contributed by atoms with E-state index in [1.807, 2.05) is 11.8 Å². The molecule has 2 heterocycles. The van der Waals surface area contributed by atoms with E-state index in [0.29, 0.717) is 35.5 Å².